The minimum atomic E-state index is -0.415. The van der Waals surface area contributed by atoms with Gasteiger partial charge in [0.25, 0.3) is 0 Å². The molecule has 7 rings (SSSR count). The minimum Gasteiger partial charge on any atom is -0.456 e. The van der Waals surface area contributed by atoms with E-state index in [1.165, 1.54) is 0 Å². The second kappa shape index (κ2) is 7.00. The molecule has 1 fully saturated rings. The van der Waals surface area contributed by atoms with Gasteiger partial charge in [0.2, 0.25) is 0 Å². The molecule has 0 N–H and O–H groups in total. The molecule has 35 heavy (non-hydrogen) atoms. The van der Waals surface area contributed by atoms with Crippen LogP contribution in [0.25, 0.3) is 55.0 Å². The van der Waals surface area contributed by atoms with E-state index in [1.807, 2.05) is 36.4 Å². The number of para-hydroxylation sites is 2. The van der Waals surface area contributed by atoms with Gasteiger partial charge in [0.15, 0.2) is 0 Å². The quantitative estimate of drug-likeness (QED) is 0.252. The van der Waals surface area contributed by atoms with Crippen molar-refractivity contribution in [1.82, 2.24) is 0 Å². The zero-order chi connectivity index (χ0) is 23.9. The van der Waals surface area contributed by atoms with Crippen LogP contribution < -0.4 is 5.46 Å². The maximum absolute atomic E-state index is 6.29. The summed E-state index contributed by atoms with van der Waals surface area (Å²) in [4.78, 5) is 0. The number of rotatable bonds is 2. The summed E-state index contributed by atoms with van der Waals surface area (Å²) >= 11 is 0. The molecule has 0 atom stereocenters. The van der Waals surface area contributed by atoms with Crippen molar-refractivity contribution in [3.63, 3.8) is 0 Å². The highest BCUT2D eigenvalue weighted by atomic mass is 16.7. The van der Waals surface area contributed by atoms with Crippen molar-refractivity contribution in [3.8, 4) is 11.1 Å². The lowest BCUT2D eigenvalue weighted by Gasteiger charge is -2.32. The van der Waals surface area contributed by atoms with Gasteiger partial charge >= 0.3 is 7.12 Å². The summed E-state index contributed by atoms with van der Waals surface area (Å²) in [6, 6.07) is 27.0. The lowest BCUT2D eigenvalue weighted by molar-refractivity contribution is 0.00578. The topological polar surface area (TPSA) is 44.7 Å². The van der Waals surface area contributed by atoms with E-state index in [0.29, 0.717) is 0 Å². The van der Waals surface area contributed by atoms with Gasteiger partial charge in [-0.2, -0.15) is 0 Å². The van der Waals surface area contributed by atoms with Crippen molar-refractivity contribution in [3.05, 3.63) is 78.9 Å². The molecule has 2 aromatic heterocycles. The largest absolute Gasteiger partial charge is 0.494 e. The van der Waals surface area contributed by atoms with Crippen LogP contribution in [0.3, 0.4) is 0 Å². The van der Waals surface area contributed by atoms with Crippen LogP contribution in [0.2, 0.25) is 0 Å². The molecular weight excluding hydrogens is 435 g/mol. The molecule has 0 radical (unpaired) electrons. The average molecular weight is 460 g/mol. The molecule has 4 nitrogen and oxygen atoms in total. The van der Waals surface area contributed by atoms with E-state index in [4.69, 9.17) is 18.1 Å². The van der Waals surface area contributed by atoms with Crippen molar-refractivity contribution in [2.45, 2.75) is 38.9 Å². The van der Waals surface area contributed by atoms with Crippen LogP contribution >= 0.6 is 0 Å². The fourth-order valence-electron chi connectivity index (χ4n) is 5.06. The van der Waals surface area contributed by atoms with Crippen LogP contribution in [0.1, 0.15) is 27.7 Å². The Morgan fingerprint density at radius 3 is 2.03 bits per heavy atom. The maximum Gasteiger partial charge on any atom is 0.494 e. The third-order valence-corrected chi connectivity index (χ3v) is 7.73. The Hall–Kier alpha value is -3.54. The molecule has 1 saturated heterocycles. The van der Waals surface area contributed by atoms with Crippen molar-refractivity contribution in [2.75, 3.05) is 0 Å². The van der Waals surface area contributed by atoms with Crippen LogP contribution in [-0.2, 0) is 9.31 Å². The lowest BCUT2D eigenvalue weighted by Crippen LogP contribution is -2.41. The molecule has 0 saturated carbocycles. The Balaban J connectivity index is 1.38. The minimum absolute atomic E-state index is 0.385. The van der Waals surface area contributed by atoms with Crippen LogP contribution in [0.4, 0.5) is 0 Å². The number of hydrogen-bond donors (Lipinski definition) is 0. The average Bonchev–Trinajstić information content (AvgIpc) is 3.46. The Labute approximate surface area is 203 Å². The predicted molar refractivity (Wildman–Crippen MR) is 142 cm³/mol. The summed E-state index contributed by atoms with van der Waals surface area (Å²) < 4.78 is 25.0. The van der Waals surface area contributed by atoms with Gasteiger partial charge in [-0.1, -0.05) is 54.6 Å². The zero-order valence-electron chi connectivity index (χ0n) is 20.2. The number of hydrogen-bond acceptors (Lipinski definition) is 4. The normalized spacial score (nSPS) is 17.3. The van der Waals surface area contributed by atoms with Gasteiger partial charge in [0.05, 0.1) is 11.2 Å². The molecule has 0 bridgehead atoms. The summed E-state index contributed by atoms with van der Waals surface area (Å²) in [5.41, 5.74) is 5.88. The first kappa shape index (κ1) is 20.8. The van der Waals surface area contributed by atoms with E-state index in [-0.39, 0.29) is 11.2 Å². The smallest absolute Gasteiger partial charge is 0.456 e. The van der Waals surface area contributed by atoms with E-state index < -0.39 is 7.12 Å². The number of fused-ring (bicyclic) bond motifs is 6. The molecule has 4 aromatic carbocycles. The monoisotopic (exact) mass is 460 g/mol. The van der Waals surface area contributed by atoms with Gasteiger partial charge in [-0.25, -0.2) is 0 Å². The maximum atomic E-state index is 6.29. The third-order valence-electron chi connectivity index (χ3n) is 7.73. The van der Waals surface area contributed by atoms with Gasteiger partial charge in [-0.15, -0.1) is 0 Å². The van der Waals surface area contributed by atoms with Crippen LogP contribution in [0, 0.1) is 0 Å². The molecule has 3 heterocycles. The van der Waals surface area contributed by atoms with Gasteiger partial charge < -0.3 is 18.1 Å². The molecule has 0 unspecified atom stereocenters. The summed E-state index contributed by atoms with van der Waals surface area (Å²) in [6.07, 6.45) is 0. The summed E-state index contributed by atoms with van der Waals surface area (Å²) in [6.45, 7) is 8.29. The van der Waals surface area contributed by atoms with E-state index in [9.17, 15) is 0 Å². The van der Waals surface area contributed by atoms with Gasteiger partial charge in [-0.3, -0.25) is 0 Å². The first-order valence-electron chi connectivity index (χ1n) is 12.0. The fraction of sp³-hybridized carbons (Fsp3) is 0.200. The van der Waals surface area contributed by atoms with E-state index in [0.717, 1.165) is 60.5 Å². The molecular formula is C30H25BO4. The van der Waals surface area contributed by atoms with Crippen molar-refractivity contribution in [2.24, 2.45) is 0 Å². The number of furan rings is 2. The molecule has 172 valence electrons. The summed E-state index contributed by atoms with van der Waals surface area (Å²) in [7, 11) is -0.415. The first-order chi connectivity index (χ1) is 16.8. The first-order valence-corrected chi connectivity index (χ1v) is 12.0. The second-order valence-corrected chi connectivity index (χ2v) is 10.4. The summed E-state index contributed by atoms with van der Waals surface area (Å²) in [5.74, 6) is 0. The Morgan fingerprint density at radius 2 is 1.23 bits per heavy atom. The molecule has 5 heteroatoms. The van der Waals surface area contributed by atoms with Gasteiger partial charge in [0, 0.05) is 27.1 Å². The fourth-order valence-corrected chi connectivity index (χ4v) is 5.06. The number of benzene rings is 4. The molecule has 0 amide bonds. The Morgan fingerprint density at radius 1 is 0.571 bits per heavy atom. The SMILES string of the molecule is CC1(C)OB(c2ccc3oc4ccc(-c5cccc6c5oc5ccccc56)cc4c3c2)OC1(C)C. The highest BCUT2D eigenvalue weighted by Crippen LogP contribution is 2.39. The zero-order valence-corrected chi connectivity index (χ0v) is 20.2. The summed E-state index contributed by atoms with van der Waals surface area (Å²) in [5, 5.41) is 4.36. The van der Waals surface area contributed by atoms with Crippen LogP contribution in [-0.4, -0.2) is 18.3 Å². The van der Waals surface area contributed by atoms with E-state index in [1.54, 1.807) is 0 Å². The molecule has 0 spiro atoms. The van der Waals surface area contributed by atoms with Crippen LogP contribution in [0.5, 0.6) is 0 Å². The lowest BCUT2D eigenvalue weighted by atomic mass is 9.78. The van der Waals surface area contributed by atoms with Crippen molar-refractivity contribution < 1.29 is 18.1 Å². The van der Waals surface area contributed by atoms with E-state index in [2.05, 4.69) is 70.2 Å². The van der Waals surface area contributed by atoms with Gasteiger partial charge in [-0.05, 0) is 63.0 Å². The van der Waals surface area contributed by atoms with Gasteiger partial charge in [0.1, 0.15) is 22.3 Å². The molecule has 1 aliphatic rings. The highest BCUT2D eigenvalue weighted by Gasteiger charge is 2.51. The Bertz CT molecular complexity index is 1760. The highest BCUT2D eigenvalue weighted by molar-refractivity contribution is 6.62. The Kier molecular flexibility index (Phi) is 4.16. The van der Waals surface area contributed by atoms with Crippen molar-refractivity contribution >= 4 is 56.5 Å². The standard InChI is InChI=1S/C30H25BO4/c1-29(2)30(3,4)35-31(34-29)19-13-15-27-24(17-19)23-16-18(12-14-26(23)32-27)20-9-7-10-22-21-8-5-6-11-25(21)33-28(20)22/h5-17H,1-4H3. The second-order valence-electron chi connectivity index (χ2n) is 10.4. The predicted octanol–water partition coefficient (Wildman–Crippen LogP) is 7.45. The van der Waals surface area contributed by atoms with Crippen molar-refractivity contribution in [1.29, 1.82) is 0 Å². The molecule has 1 aliphatic heterocycles. The van der Waals surface area contributed by atoms with Crippen LogP contribution in [0.15, 0.2) is 87.7 Å². The molecule has 0 aliphatic carbocycles. The third kappa shape index (κ3) is 3.02. The molecule has 6 aromatic rings. The van der Waals surface area contributed by atoms with E-state index >= 15 is 0 Å².